The minimum absolute atomic E-state index is 0.235. The van der Waals surface area contributed by atoms with Crippen LogP contribution in [-0.4, -0.2) is 27.0 Å². The zero-order chi connectivity index (χ0) is 24.2. The van der Waals surface area contributed by atoms with Crippen LogP contribution in [0.3, 0.4) is 0 Å². The van der Waals surface area contributed by atoms with Gasteiger partial charge in [-0.05, 0) is 67.1 Å². The Morgan fingerprint density at radius 1 is 0.943 bits per heavy atom. The van der Waals surface area contributed by atoms with Gasteiger partial charge in [-0.15, -0.1) is 0 Å². The molecule has 0 radical (unpaired) electrons. The number of carbonyl (C=O) groups excluding carboxylic acids is 1. The monoisotopic (exact) mass is 464 g/mol. The molecule has 0 fully saturated rings. The summed E-state index contributed by atoms with van der Waals surface area (Å²) in [6.07, 6.45) is 3.83. The zero-order valence-electron chi connectivity index (χ0n) is 19.4. The third-order valence-corrected chi connectivity index (χ3v) is 5.42. The molecule has 0 aliphatic carbocycles. The number of carbonyl (C=O) groups is 1. The molecule has 0 aliphatic heterocycles. The lowest BCUT2D eigenvalue weighted by molar-refractivity contribution is 0.102. The van der Waals surface area contributed by atoms with Crippen molar-refractivity contribution in [3.63, 3.8) is 0 Å². The lowest BCUT2D eigenvalue weighted by Crippen LogP contribution is -2.14. The lowest BCUT2D eigenvalue weighted by Gasteiger charge is -2.14. The fourth-order valence-electron chi connectivity index (χ4n) is 3.88. The van der Waals surface area contributed by atoms with Gasteiger partial charge in [0.2, 0.25) is 5.88 Å². The Morgan fingerprint density at radius 3 is 2.49 bits per heavy atom. The maximum absolute atomic E-state index is 13.2. The Kier molecular flexibility index (Phi) is 6.13. The van der Waals surface area contributed by atoms with Crippen molar-refractivity contribution in [1.29, 1.82) is 0 Å². The van der Waals surface area contributed by atoms with E-state index < -0.39 is 0 Å². The largest absolute Gasteiger partial charge is 0.493 e. The molecule has 174 valence electrons. The second-order valence-corrected chi connectivity index (χ2v) is 7.88. The molecular formula is C28H24N4O3. The number of aromatic nitrogens is 3. The van der Waals surface area contributed by atoms with Gasteiger partial charge in [-0.2, -0.15) is 4.98 Å². The molecule has 1 N–H and O–H groups in total. The standard InChI is InChI=1S/C28H24N4O3/c1-3-34-24-15-10-20-8-4-5-9-23(20)27(24)28(33)31-21-11-13-22(14-12-21)35-26-18-25(29-19(2)30-26)32-16-6-7-17-32/h4-18H,3H2,1-2H3,(H,31,33). The number of anilines is 1. The fourth-order valence-corrected chi connectivity index (χ4v) is 3.88. The van der Waals surface area contributed by atoms with Gasteiger partial charge in [-0.3, -0.25) is 4.79 Å². The number of benzene rings is 3. The summed E-state index contributed by atoms with van der Waals surface area (Å²) in [6, 6.07) is 24.4. The molecule has 2 heterocycles. The Bertz CT molecular complexity index is 1480. The zero-order valence-corrected chi connectivity index (χ0v) is 19.4. The van der Waals surface area contributed by atoms with Crippen molar-refractivity contribution in [3.05, 3.63) is 103 Å². The maximum atomic E-state index is 13.2. The highest BCUT2D eigenvalue weighted by molar-refractivity contribution is 6.15. The van der Waals surface area contributed by atoms with Crippen LogP contribution in [0.15, 0.2) is 91.3 Å². The van der Waals surface area contributed by atoms with Crippen molar-refractivity contribution in [2.75, 3.05) is 11.9 Å². The van der Waals surface area contributed by atoms with E-state index in [4.69, 9.17) is 9.47 Å². The van der Waals surface area contributed by atoms with E-state index in [2.05, 4.69) is 15.3 Å². The van der Waals surface area contributed by atoms with Crippen molar-refractivity contribution in [1.82, 2.24) is 14.5 Å². The number of nitrogens with zero attached hydrogens (tertiary/aromatic N) is 3. The van der Waals surface area contributed by atoms with Crippen molar-refractivity contribution < 1.29 is 14.3 Å². The molecule has 7 heteroatoms. The van der Waals surface area contributed by atoms with Crippen LogP contribution in [0.4, 0.5) is 5.69 Å². The summed E-state index contributed by atoms with van der Waals surface area (Å²) in [7, 11) is 0. The maximum Gasteiger partial charge on any atom is 0.260 e. The SMILES string of the molecule is CCOc1ccc2ccccc2c1C(=O)Nc1ccc(Oc2cc(-n3cccc3)nc(C)n2)cc1. The molecule has 0 saturated heterocycles. The summed E-state index contributed by atoms with van der Waals surface area (Å²) in [5.74, 6) is 2.69. The third kappa shape index (κ3) is 4.84. The number of amides is 1. The van der Waals surface area contributed by atoms with Crippen LogP contribution in [-0.2, 0) is 0 Å². The second-order valence-electron chi connectivity index (χ2n) is 7.88. The van der Waals surface area contributed by atoms with Crippen molar-refractivity contribution in [3.8, 4) is 23.2 Å². The summed E-state index contributed by atoms with van der Waals surface area (Å²) in [4.78, 5) is 22.1. The van der Waals surface area contributed by atoms with E-state index in [0.29, 0.717) is 41.1 Å². The molecule has 5 aromatic rings. The van der Waals surface area contributed by atoms with Crippen LogP contribution in [0.1, 0.15) is 23.1 Å². The van der Waals surface area contributed by atoms with Gasteiger partial charge in [-0.1, -0.05) is 30.3 Å². The Hall–Kier alpha value is -4.65. The summed E-state index contributed by atoms with van der Waals surface area (Å²) in [5.41, 5.74) is 1.16. The van der Waals surface area contributed by atoms with Crippen molar-refractivity contribution >= 4 is 22.4 Å². The van der Waals surface area contributed by atoms with E-state index in [1.54, 1.807) is 30.3 Å². The van der Waals surface area contributed by atoms with Gasteiger partial charge in [0.25, 0.3) is 5.91 Å². The highest BCUT2D eigenvalue weighted by atomic mass is 16.5. The summed E-state index contributed by atoms with van der Waals surface area (Å²) < 4.78 is 13.6. The highest BCUT2D eigenvalue weighted by Gasteiger charge is 2.17. The van der Waals surface area contributed by atoms with Gasteiger partial charge in [0.05, 0.1) is 12.2 Å². The van der Waals surface area contributed by atoms with Gasteiger partial charge in [0.15, 0.2) is 0 Å². The quantitative estimate of drug-likeness (QED) is 0.312. The molecular weight excluding hydrogens is 440 g/mol. The molecule has 1 amide bonds. The number of hydrogen-bond donors (Lipinski definition) is 1. The molecule has 0 saturated carbocycles. The average molecular weight is 465 g/mol. The Labute approximate surface area is 203 Å². The van der Waals surface area contributed by atoms with Crippen LogP contribution in [0.25, 0.3) is 16.6 Å². The van der Waals surface area contributed by atoms with Crippen LogP contribution in [0.2, 0.25) is 0 Å². The van der Waals surface area contributed by atoms with Gasteiger partial charge < -0.3 is 19.4 Å². The Balaban J connectivity index is 1.35. The predicted molar refractivity (Wildman–Crippen MR) is 136 cm³/mol. The van der Waals surface area contributed by atoms with E-state index in [9.17, 15) is 4.79 Å². The number of rotatable bonds is 7. The molecule has 7 nitrogen and oxygen atoms in total. The number of hydrogen-bond acceptors (Lipinski definition) is 5. The summed E-state index contributed by atoms with van der Waals surface area (Å²) in [6.45, 7) is 4.19. The highest BCUT2D eigenvalue weighted by Crippen LogP contribution is 2.30. The van der Waals surface area contributed by atoms with Gasteiger partial charge in [0, 0.05) is 24.1 Å². The van der Waals surface area contributed by atoms with Crippen LogP contribution < -0.4 is 14.8 Å². The summed E-state index contributed by atoms with van der Waals surface area (Å²) in [5, 5.41) is 4.79. The molecule has 5 rings (SSSR count). The van der Waals surface area contributed by atoms with Gasteiger partial charge >= 0.3 is 0 Å². The smallest absolute Gasteiger partial charge is 0.260 e. The van der Waals surface area contributed by atoms with Crippen LogP contribution >= 0.6 is 0 Å². The fraction of sp³-hybridized carbons (Fsp3) is 0.107. The number of ether oxygens (including phenoxy) is 2. The first-order valence-corrected chi connectivity index (χ1v) is 11.3. The molecule has 0 unspecified atom stereocenters. The molecule has 0 aliphatic rings. The van der Waals surface area contributed by atoms with E-state index in [1.165, 1.54) is 0 Å². The van der Waals surface area contributed by atoms with Gasteiger partial charge in [0.1, 0.15) is 23.1 Å². The third-order valence-electron chi connectivity index (χ3n) is 5.42. The summed E-state index contributed by atoms with van der Waals surface area (Å²) >= 11 is 0. The van der Waals surface area contributed by atoms with E-state index in [0.717, 1.165) is 16.6 Å². The number of nitrogens with one attached hydrogen (secondary N) is 1. The first-order chi connectivity index (χ1) is 17.1. The molecule has 2 aromatic heterocycles. The average Bonchev–Trinajstić information content (AvgIpc) is 3.40. The normalized spacial score (nSPS) is 10.8. The number of aryl methyl sites for hydroxylation is 1. The number of fused-ring (bicyclic) bond motifs is 1. The topological polar surface area (TPSA) is 78.3 Å². The van der Waals surface area contributed by atoms with Gasteiger partial charge in [-0.25, -0.2) is 4.98 Å². The van der Waals surface area contributed by atoms with Crippen molar-refractivity contribution in [2.24, 2.45) is 0 Å². The van der Waals surface area contributed by atoms with E-state index in [1.807, 2.05) is 79.3 Å². The molecule has 0 spiro atoms. The molecule has 0 bridgehead atoms. The Morgan fingerprint density at radius 2 is 1.71 bits per heavy atom. The molecule has 0 atom stereocenters. The van der Waals surface area contributed by atoms with Crippen molar-refractivity contribution in [2.45, 2.75) is 13.8 Å². The van der Waals surface area contributed by atoms with Crippen LogP contribution in [0.5, 0.6) is 17.4 Å². The second kappa shape index (κ2) is 9.69. The van der Waals surface area contributed by atoms with E-state index >= 15 is 0 Å². The predicted octanol–water partition coefficient (Wildman–Crippen LogP) is 6.17. The minimum Gasteiger partial charge on any atom is -0.493 e. The van der Waals surface area contributed by atoms with Crippen LogP contribution in [0, 0.1) is 6.92 Å². The first kappa shape index (κ1) is 22.2. The lowest BCUT2D eigenvalue weighted by atomic mass is 10.0. The van der Waals surface area contributed by atoms with E-state index in [-0.39, 0.29) is 5.91 Å². The first-order valence-electron chi connectivity index (χ1n) is 11.3. The molecule has 3 aromatic carbocycles. The minimum atomic E-state index is -0.235. The molecule has 35 heavy (non-hydrogen) atoms.